The van der Waals surface area contributed by atoms with E-state index in [1.165, 1.54) is 32.1 Å². The number of hydrogen-bond acceptors (Lipinski definition) is 3. The Labute approximate surface area is 98.6 Å². The van der Waals surface area contributed by atoms with Crippen molar-refractivity contribution in [1.29, 1.82) is 0 Å². The molecule has 3 nitrogen and oxygen atoms in total. The summed E-state index contributed by atoms with van der Waals surface area (Å²) in [5, 5.41) is 3.43. The molecule has 1 unspecified atom stereocenters. The molecule has 1 aromatic rings. The summed E-state index contributed by atoms with van der Waals surface area (Å²) in [6, 6.07) is 0.545. The zero-order valence-electron chi connectivity index (χ0n) is 10.8. The van der Waals surface area contributed by atoms with Gasteiger partial charge < -0.3 is 9.73 Å². The molecular formula is C13H24N2O. The second kappa shape index (κ2) is 7.44. The van der Waals surface area contributed by atoms with E-state index in [-0.39, 0.29) is 0 Å². The molecule has 1 heterocycles. The molecule has 3 heteroatoms. The van der Waals surface area contributed by atoms with Gasteiger partial charge >= 0.3 is 0 Å². The molecule has 1 aromatic heterocycles. The highest BCUT2D eigenvalue weighted by Crippen LogP contribution is 2.06. The monoisotopic (exact) mass is 224 g/mol. The number of rotatable bonds is 8. The number of aromatic nitrogens is 1. The molecule has 0 aliphatic heterocycles. The number of nitrogens with one attached hydrogen (secondary N) is 1. The average molecular weight is 224 g/mol. The normalized spacial score (nSPS) is 12.9. The van der Waals surface area contributed by atoms with E-state index in [1.807, 2.05) is 6.92 Å². The van der Waals surface area contributed by atoms with Crippen molar-refractivity contribution < 1.29 is 4.42 Å². The summed E-state index contributed by atoms with van der Waals surface area (Å²) >= 11 is 0. The summed E-state index contributed by atoms with van der Waals surface area (Å²) in [5.74, 6) is 1.67. The van der Waals surface area contributed by atoms with E-state index in [0.717, 1.165) is 18.2 Å². The lowest BCUT2D eigenvalue weighted by Crippen LogP contribution is -2.25. The highest BCUT2D eigenvalue weighted by atomic mass is 16.4. The maximum Gasteiger partial charge on any atom is 0.208 e. The lowest BCUT2D eigenvalue weighted by molar-refractivity contribution is 0.413. The fraction of sp³-hybridized carbons (Fsp3) is 0.769. The third-order valence-corrected chi connectivity index (χ3v) is 2.76. The molecule has 0 aliphatic rings. The molecule has 1 N–H and O–H groups in total. The second-order valence-electron chi connectivity index (χ2n) is 4.50. The predicted octanol–water partition coefficient (Wildman–Crippen LogP) is 3.43. The zero-order valence-corrected chi connectivity index (χ0v) is 10.8. The van der Waals surface area contributed by atoms with Crippen LogP contribution in [0.2, 0.25) is 0 Å². The highest BCUT2D eigenvalue weighted by Gasteiger charge is 2.04. The minimum absolute atomic E-state index is 0.545. The summed E-state index contributed by atoms with van der Waals surface area (Å²) in [6.07, 6.45) is 8.32. The maximum atomic E-state index is 5.40. The third-order valence-electron chi connectivity index (χ3n) is 2.76. The molecule has 92 valence electrons. The molecule has 0 aromatic carbocycles. The van der Waals surface area contributed by atoms with Gasteiger partial charge in [0.25, 0.3) is 0 Å². The van der Waals surface area contributed by atoms with Crippen LogP contribution < -0.4 is 5.32 Å². The number of hydrogen-bond donors (Lipinski definition) is 1. The summed E-state index contributed by atoms with van der Waals surface area (Å²) in [5.41, 5.74) is 0. The van der Waals surface area contributed by atoms with Crippen molar-refractivity contribution in [3.63, 3.8) is 0 Å². The van der Waals surface area contributed by atoms with Gasteiger partial charge in [0.1, 0.15) is 5.76 Å². The Hall–Kier alpha value is -0.830. The van der Waals surface area contributed by atoms with Crippen LogP contribution >= 0.6 is 0 Å². The van der Waals surface area contributed by atoms with Crippen molar-refractivity contribution >= 4 is 0 Å². The van der Waals surface area contributed by atoms with E-state index >= 15 is 0 Å². The fourth-order valence-electron chi connectivity index (χ4n) is 1.72. The smallest absolute Gasteiger partial charge is 0.208 e. The third kappa shape index (κ3) is 5.31. The van der Waals surface area contributed by atoms with Crippen LogP contribution in [-0.4, -0.2) is 11.0 Å². The van der Waals surface area contributed by atoms with Crippen molar-refractivity contribution in [2.45, 2.75) is 65.5 Å². The maximum absolute atomic E-state index is 5.40. The molecule has 0 aliphatic carbocycles. The van der Waals surface area contributed by atoms with Crippen LogP contribution in [0.4, 0.5) is 0 Å². The molecule has 0 spiro atoms. The first-order chi connectivity index (χ1) is 7.72. The van der Waals surface area contributed by atoms with Crippen LogP contribution in [0, 0.1) is 6.92 Å². The van der Waals surface area contributed by atoms with E-state index in [2.05, 4.69) is 24.1 Å². The first kappa shape index (κ1) is 13.2. The lowest BCUT2D eigenvalue weighted by atomic mass is 10.1. The first-order valence-electron chi connectivity index (χ1n) is 6.37. The largest absolute Gasteiger partial charge is 0.445 e. The average Bonchev–Trinajstić information content (AvgIpc) is 2.68. The number of aryl methyl sites for hydroxylation is 1. The number of oxazole rings is 1. The van der Waals surface area contributed by atoms with Crippen molar-refractivity contribution in [3.8, 4) is 0 Å². The van der Waals surface area contributed by atoms with E-state index in [4.69, 9.17) is 4.42 Å². The molecule has 1 atom stereocenters. The van der Waals surface area contributed by atoms with Crippen LogP contribution in [-0.2, 0) is 6.54 Å². The van der Waals surface area contributed by atoms with Crippen LogP contribution in [0.25, 0.3) is 0 Å². The van der Waals surface area contributed by atoms with Gasteiger partial charge in [0.05, 0.1) is 12.7 Å². The molecular weight excluding hydrogens is 200 g/mol. The molecule has 16 heavy (non-hydrogen) atoms. The summed E-state index contributed by atoms with van der Waals surface area (Å²) in [6.45, 7) is 7.13. The number of nitrogens with zero attached hydrogens (tertiary/aromatic N) is 1. The van der Waals surface area contributed by atoms with E-state index < -0.39 is 0 Å². The fourth-order valence-corrected chi connectivity index (χ4v) is 1.72. The quantitative estimate of drug-likeness (QED) is 0.687. The zero-order chi connectivity index (χ0) is 11.8. The highest BCUT2D eigenvalue weighted by molar-refractivity contribution is 4.90. The van der Waals surface area contributed by atoms with Gasteiger partial charge in [-0.1, -0.05) is 32.6 Å². The Morgan fingerprint density at radius 1 is 1.38 bits per heavy atom. The van der Waals surface area contributed by atoms with Crippen molar-refractivity contribution in [3.05, 3.63) is 17.8 Å². The van der Waals surface area contributed by atoms with Gasteiger partial charge in [0, 0.05) is 6.04 Å². The minimum Gasteiger partial charge on any atom is -0.445 e. The van der Waals surface area contributed by atoms with Crippen LogP contribution in [0.1, 0.15) is 57.6 Å². The lowest BCUT2D eigenvalue weighted by Gasteiger charge is -2.11. The van der Waals surface area contributed by atoms with Crippen molar-refractivity contribution in [1.82, 2.24) is 10.3 Å². The second-order valence-corrected chi connectivity index (χ2v) is 4.50. The molecule has 0 radical (unpaired) electrons. The Kier molecular flexibility index (Phi) is 6.16. The number of unbranched alkanes of at least 4 members (excludes halogenated alkanes) is 3. The topological polar surface area (TPSA) is 38.1 Å². The first-order valence-corrected chi connectivity index (χ1v) is 6.37. The molecule has 1 rings (SSSR count). The van der Waals surface area contributed by atoms with E-state index in [1.54, 1.807) is 6.20 Å². The van der Waals surface area contributed by atoms with Crippen molar-refractivity contribution in [2.24, 2.45) is 0 Å². The molecule has 0 fully saturated rings. The Morgan fingerprint density at radius 2 is 2.19 bits per heavy atom. The van der Waals surface area contributed by atoms with Gasteiger partial charge in [-0.2, -0.15) is 0 Å². The van der Waals surface area contributed by atoms with Crippen LogP contribution in [0.5, 0.6) is 0 Å². The Balaban J connectivity index is 2.08. The van der Waals surface area contributed by atoms with E-state index in [9.17, 15) is 0 Å². The molecule has 0 saturated carbocycles. The van der Waals surface area contributed by atoms with Crippen LogP contribution in [0.15, 0.2) is 10.6 Å². The molecule has 0 saturated heterocycles. The predicted molar refractivity (Wildman–Crippen MR) is 66.3 cm³/mol. The minimum atomic E-state index is 0.545. The Bertz CT molecular complexity index is 283. The van der Waals surface area contributed by atoms with Gasteiger partial charge in [0.15, 0.2) is 0 Å². The van der Waals surface area contributed by atoms with Crippen molar-refractivity contribution in [2.75, 3.05) is 0 Å². The standard InChI is InChI=1S/C13H24N2O/c1-4-5-6-7-8-11(2)14-10-13-15-9-12(3)16-13/h9,11,14H,4-8,10H2,1-3H3. The summed E-state index contributed by atoms with van der Waals surface area (Å²) in [7, 11) is 0. The van der Waals surface area contributed by atoms with Gasteiger partial charge in [-0.05, 0) is 20.3 Å². The van der Waals surface area contributed by atoms with Crippen LogP contribution in [0.3, 0.4) is 0 Å². The SMILES string of the molecule is CCCCCCC(C)NCc1ncc(C)o1. The van der Waals surface area contributed by atoms with Gasteiger partial charge in [0.2, 0.25) is 5.89 Å². The summed E-state index contributed by atoms with van der Waals surface area (Å²) < 4.78 is 5.40. The Morgan fingerprint density at radius 3 is 2.81 bits per heavy atom. The van der Waals surface area contributed by atoms with E-state index in [0.29, 0.717) is 6.04 Å². The summed E-state index contributed by atoms with van der Waals surface area (Å²) in [4.78, 5) is 4.17. The van der Waals surface area contributed by atoms with Gasteiger partial charge in [-0.15, -0.1) is 0 Å². The molecule has 0 amide bonds. The van der Waals surface area contributed by atoms with Gasteiger partial charge in [-0.3, -0.25) is 0 Å². The molecule has 0 bridgehead atoms. The van der Waals surface area contributed by atoms with Gasteiger partial charge in [-0.25, -0.2) is 4.98 Å².